The van der Waals surface area contributed by atoms with Crippen molar-refractivity contribution in [3.63, 3.8) is 0 Å². The van der Waals surface area contributed by atoms with Crippen molar-refractivity contribution in [1.82, 2.24) is 9.38 Å². The van der Waals surface area contributed by atoms with Crippen LogP contribution in [-0.2, 0) is 11.2 Å². The third-order valence-corrected chi connectivity index (χ3v) is 3.76. The van der Waals surface area contributed by atoms with Crippen LogP contribution in [0.5, 0.6) is 11.5 Å². The predicted molar refractivity (Wildman–Crippen MR) is 91.7 cm³/mol. The number of fused-ring (bicyclic) bond motifs is 1. The second-order valence-electron chi connectivity index (χ2n) is 5.35. The highest BCUT2D eigenvalue weighted by atomic mass is 16.5. The Morgan fingerprint density at radius 3 is 2.79 bits per heavy atom. The lowest BCUT2D eigenvalue weighted by Gasteiger charge is -2.10. The number of benzene rings is 1. The molecule has 0 unspecified atom stereocenters. The van der Waals surface area contributed by atoms with E-state index >= 15 is 0 Å². The molecule has 1 aromatic carbocycles. The molecule has 24 heavy (non-hydrogen) atoms. The molecular weight excluding hydrogens is 306 g/mol. The summed E-state index contributed by atoms with van der Waals surface area (Å²) in [6, 6.07) is 9.38. The van der Waals surface area contributed by atoms with Gasteiger partial charge < -0.3 is 19.2 Å². The Labute approximate surface area is 140 Å². The van der Waals surface area contributed by atoms with E-state index in [0.29, 0.717) is 24.3 Å². The highest BCUT2D eigenvalue weighted by molar-refractivity contribution is 5.90. The van der Waals surface area contributed by atoms with Crippen LogP contribution in [0.25, 0.3) is 5.65 Å². The first-order chi connectivity index (χ1) is 11.7. The minimum atomic E-state index is -0.0377. The van der Waals surface area contributed by atoms with Crippen molar-refractivity contribution in [2.75, 3.05) is 19.5 Å². The predicted octanol–water partition coefficient (Wildman–Crippen LogP) is 2.92. The summed E-state index contributed by atoms with van der Waals surface area (Å²) < 4.78 is 12.4. The van der Waals surface area contributed by atoms with E-state index in [9.17, 15) is 4.79 Å². The number of carbonyl (C=O) groups is 1. The van der Waals surface area contributed by atoms with Gasteiger partial charge in [-0.2, -0.15) is 0 Å². The van der Waals surface area contributed by atoms with Gasteiger partial charge in [0.25, 0.3) is 0 Å². The molecular formula is C18H19N3O3. The minimum absolute atomic E-state index is 0.0377. The normalized spacial score (nSPS) is 10.6. The fraction of sp³-hybridized carbons (Fsp3) is 0.222. The fourth-order valence-electron chi connectivity index (χ4n) is 2.51. The monoisotopic (exact) mass is 325 g/mol. The van der Waals surface area contributed by atoms with Crippen LogP contribution in [0, 0.1) is 0 Å². The lowest BCUT2D eigenvalue weighted by molar-refractivity contribution is -0.116. The Morgan fingerprint density at radius 2 is 2.00 bits per heavy atom. The van der Waals surface area contributed by atoms with Crippen molar-refractivity contribution in [2.45, 2.75) is 12.8 Å². The maximum atomic E-state index is 12.1. The van der Waals surface area contributed by atoms with Gasteiger partial charge in [0.1, 0.15) is 5.65 Å². The lowest BCUT2D eigenvalue weighted by atomic mass is 10.1. The second kappa shape index (κ2) is 7.04. The molecule has 3 aromatic rings. The number of ether oxygens (including phenoxy) is 2. The van der Waals surface area contributed by atoms with Crippen molar-refractivity contribution in [3.8, 4) is 11.5 Å². The van der Waals surface area contributed by atoms with Crippen molar-refractivity contribution < 1.29 is 14.3 Å². The molecule has 0 bridgehead atoms. The Bertz CT molecular complexity index is 858. The number of methoxy groups -OCH3 is 2. The summed E-state index contributed by atoms with van der Waals surface area (Å²) in [7, 11) is 3.20. The van der Waals surface area contributed by atoms with Crippen LogP contribution in [0.1, 0.15) is 12.0 Å². The number of carbonyl (C=O) groups excluding carboxylic acids is 1. The van der Waals surface area contributed by atoms with Gasteiger partial charge in [-0.25, -0.2) is 4.98 Å². The van der Waals surface area contributed by atoms with E-state index in [4.69, 9.17) is 9.47 Å². The van der Waals surface area contributed by atoms with Crippen LogP contribution in [0.4, 0.5) is 5.69 Å². The SMILES string of the molecule is COc1ccc(CCC(=O)Nc2ccc3nccn3c2)cc1OC. The van der Waals surface area contributed by atoms with Gasteiger partial charge in [-0.3, -0.25) is 4.79 Å². The Kier molecular flexibility index (Phi) is 4.65. The zero-order valence-electron chi connectivity index (χ0n) is 13.7. The van der Waals surface area contributed by atoms with Crippen LogP contribution in [0.15, 0.2) is 48.9 Å². The van der Waals surface area contributed by atoms with E-state index in [1.54, 1.807) is 20.4 Å². The molecule has 6 heteroatoms. The second-order valence-corrected chi connectivity index (χ2v) is 5.35. The van der Waals surface area contributed by atoms with E-state index in [1.807, 2.05) is 47.1 Å². The number of nitrogens with zero attached hydrogens (tertiary/aromatic N) is 2. The molecule has 2 heterocycles. The van der Waals surface area contributed by atoms with Crippen LogP contribution in [-0.4, -0.2) is 29.5 Å². The van der Waals surface area contributed by atoms with E-state index in [1.165, 1.54) is 0 Å². The average Bonchev–Trinajstić information content (AvgIpc) is 3.07. The first kappa shape index (κ1) is 15.9. The zero-order chi connectivity index (χ0) is 16.9. The summed E-state index contributed by atoms with van der Waals surface area (Å²) in [6.45, 7) is 0. The maximum absolute atomic E-state index is 12.1. The Hall–Kier alpha value is -3.02. The first-order valence-electron chi connectivity index (χ1n) is 7.63. The lowest BCUT2D eigenvalue weighted by Crippen LogP contribution is -2.12. The number of amides is 1. The number of nitrogens with one attached hydrogen (secondary N) is 1. The Balaban J connectivity index is 1.60. The van der Waals surface area contributed by atoms with Gasteiger partial charge in [0.15, 0.2) is 11.5 Å². The number of anilines is 1. The molecule has 2 aromatic heterocycles. The third kappa shape index (κ3) is 3.48. The highest BCUT2D eigenvalue weighted by Gasteiger charge is 2.08. The molecule has 6 nitrogen and oxygen atoms in total. The zero-order valence-corrected chi connectivity index (χ0v) is 13.7. The van der Waals surface area contributed by atoms with E-state index in [-0.39, 0.29) is 5.91 Å². The van der Waals surface area contributed by atoms with Gasteiger partial charge in [-0.15, -0.1) is 0 Å². The number of hydrogen-bond acceptors (Lipinski definition) is 4. The van der Waals surface area contributed by atoms with Gasteiger partial charge in [0, 0.05) is 25.0 Å². The molecule has 0 atom stereocenters. The summed E-state index contributed by atoms with van der Waals surface area (Å²) in [6.07, 6.45) is 6.42. The molecule has 0 fully saturated rings. The molecule has 0 aliphatic carbocycles. The van der Waals surface area contributed by atoms with Gasteiger partial charge >= 0.3 is 0 Å². The van der Waals surface area contributed by atoms with Crippen LogP contribution < -0.4 is 14.8 Å². The molecule has 0 aliphatic rings. The molecule has 124 valence electrons. The number of imidazole rings is 1. The maximum Gasteiger partial charge on any atom is 0.224 e. The highest BCUT2D eigenvalue weighted by Crippen LogP contribution is 2.28. The van der Waals surface area contributed by atoms with Crippen LogP contribution in [0.3, 0.4) is 0 Å². The largest absolute Gasteiger partial charge is 0.493 e. The number of aromatic nitrogens is 2. The first-order valence-corrected chi connectivity index (χ1v) is 7.63. The van der Waals surface area contributed by atoms with E-state index in [2.05, 4.69) is 10.3 Å². The summed E-state index contributed by atoms with van der Waals surface area (Å²) in [5.41, 5.74) is 2.61. The average molecular weight is 325 g/mol. The summed E-state index contributed by atoms with van der Waals surface area (Å²) in [5.74, 6) is 1.31. The number of rotatable bonds is 6. The van der Waals surface area contributed by atoms with Gasteiger partial charge in [0.2, 0.25) is 5.91 Å². The van der Waals surface area contributed by atoms with Crippen molar-refractivity contribution >= 4 is 17.2 Å². The van der Waals surface area contributed by atoms with Crippen molar-refractivity contribution in [2.24, 2.45) is 0 Å². The molecule has 0 radical (unpaired) electrons. The molecule has 3 rings (SSSR count). The smallest absolute Gasteiger partial charge is 0.224 e. The van der Waals surface area contributed by atoms with Gasteiger partial charge in [0.05, 0.1) is 19.9 Å². The van der Waals surface area contributed by atoms with Crippen LogP contribution >= 0.6 is 0 Å². The molecule has 1 N–H and O–H groups in total. The third-order valence-electron chi connectivity index (χ3n) is 3.76. The molecule has 1 amide bonds. The van der Waals surface area contributed by atoms with E-state index < -0.39 is 0 Å². The molecule has 0 spiro atoms. The van der Waals surface area contributed by atoms with E-state index in [0.717, 1.165) is 16.9 Å². The minimum Gasteiger partial charge on any atom is -0.493 e. The summed E-state index contributed by atoms with van der Waals surface area (Å²) >= 11 is 0. The number of pyridine rings is 1. The number of hydrogen-bond donors (Lipinski definition) is 1. The quantitative estimate of drug-likeness (QED) is 0.757. The summed E-state index contributed by atoms with van der Waals surface area (Å²) in [5, 5.41) is 2.90. The fourth-order valence-corrected chi connectivity index (χ4v) is 2.51. The Morgan fingerprint density at radius 1 is 1.17 bits per heavy atom. The van der Waals surface area contributed by atoms with Crippen molar-refractivity contribution in [1.29, 1.82) is 0 Å². The van der Waals surface area contributed by atoms with Gasteiger partial charge in [-0.1, -0.05) is 6.07 Å². The number of aryl methyl sites for hydroxylation is 1. The van der Waals surface area contributed by atoms with Crippen molar-refractivity contribution in [3.05, 3.63) is 54.5 Å². The molecule has 0 saturated carbocycles. The van der Waals surface area contributed by atoms with Crippen LogP contribution in [0.2, 0.25) is 0 Å². The van der Waals surface area contributed by atoms with Gasteiger partial charge in [-0.05, 0) is 36.2 Å². The molecule has 0 saturated heterocycles. The standard InChI is InChI=1S/C18H19N3O3/c1-23-15-6-3-13(11-16(15)24-2)4-8-18(22)20-14-5-7-17-19-9-10-21(17)12-14/h3,5-7,9-12H,4,8H2,1-2H3,(H,20,22). The topological polar surface area (TPSA) is 64.9 Å². The molecule has 0 aliphatic heterocycles. The summed E-state index contributed by atoms with van der Waals surface area (Å²) in [4.78, 5) is 16.3.